The lowest BCUT2D eigenvalue weighted by molar-refractivity contribution is -0.133. The summed E-state index contributed by atoms with van der Waals surface area (Å²) >= 11 is 0. The van der Waals surface area contributed by atoms with Gasteiger partial charge in [0.05, 0.1) is 36.0 Å². The molecular weight excluding hydrogens is 396 g/mol. The summed E-state index contributed by atoms with van der Waals surface area (Å²) in [5.41, 5.74) is 1.74. The predicted octanol–water partition coefficient (Wildman–Crippen LogP) is 0.430. The monoisotopic (exact) mass is 416 g/mol. The fourth-order valence-electron chi connectivity index (χ4n) is 3.38. The fraction of sp³-hybridized carbons (Fsp3) is 0.389. The molecule has 4 heterocycles. The first kappa shape index (κ1) is 19.2. The molecule has 1 fully saturated rings. The molecule has 0 spiro atoms. The summed E-state index contributed by atoms with van der Waals surface area (Å²) in [5.74, 6) is -0.755. The second-order valence-corrected chi connectivity index (χ2v) is 9.31. The molecule has 10 nitrogen and oxygen atoms in total. The Labute approximate surface area is 167 Å². The number of aromatic nitrogens is 3. The van der Waals surface area contributed by atoms with Crippen molar-refractivity contribution >= 4 is 33.1 Å². The van der Waals surface area contributed by atoms with Crippen LogP contribution in [0.2, 0.25) is 0 Å². The van der Waals surface area contributed by atoms with Crippen molar-refractivity contribution < 1.29 is 18.0 Å². The second kappa shape index (κ2) is 7.74. The van der Waals surface area contributed by atoms with E-state index in [4.69, 9.17) is 0 Å². The van der Waals surface area contributed by atoms with Gasteiger partial charge < -0.3 is 5.32 Å². The molecule has 2 aliphatic rings. The van der Waals surface area contributed by atoms with E-state index in [9.17, 15) is 18.0 Å². The molecule has 2 amide bonds. The molecule has 4 rings (SSSR count). The molecule has 1 saturated heterocycles. The summed E-state index contributed by atoms with van der Waals surface area (Å²) in [4.78, 5) is 28.7. The maximum Gasteiger partial charge on any atom is 0.271 e. The third-order valence-corrected chi connectivity index (χ3v) is 6.61. The molecule has 1 atom stereocenters. The van der Waals surface area contributed by atoms with Gasteiger partial charge in [0.15, 0.2) is 9.84 Å². The maximum absolute atomic E-state index is 12.6. The number of hydrogen-bond donors (Lipinski definition) is 1. The van der Waals surface area contributed by atoms with E-state index in [1.54, 1.807) is 23.3 Å². The van der Waals surface area contributed by atoms with Gasteiger partial charge in [-0.05, 0) is 24.1 Å². The first-order chi connectivity index (χ1) is 13.9. The topological polar surface area (TPSA) is 127 Å². The zero-order chi connectivity index (χ0) is 20.4. The van der Waals surface area contributed by atoms with Gasteiger partial charge in [-0.25, -0.2) is 13.4 Å². The predicted molar refractivity (Wildman–Crippen MR) is 105 cm³/mol. The van der Waals surface area contributed by atoms with Crippen LogP contribution >= 0.6 is 0 Å². The van der Waals surface area contributed by atoms with E-state index in [1.807, 2.05) is 12.1 Å². The van der Waals surface area contributed by atoms with Crippen LogP contribution < -0.4 is 5.32 Å². The highest BCUT2D eigenvalue weighted by Crippen LogP contribution is 2.22. The first-order valence-electron chi connectivity index (χ1n) is 9.22. The highest BCUT2D eigenvalue weighted by Gasteiger charge is 2.37. The average Bonchev–Trinajstić information content (AvgIpc) is 3.28. The zero-order valence-electron chi connectivity index (χ0n) is 15.6. The van der Waals surface area contributed by atoms with Gasteiger partial charge in [-0.15, -0.1) is 0 Å². The summed E-state index contributed by atoms with van der Waals surface area (Å²) in [6, 6.07) is 3.26. The number of rotatable bonds is 5. The zero-order valence-corrected chi connectivity index (χ0v) is 16.4. The van der Waals surface area contributed by atoms with Crippen molar-refractivity contribution in [1.29, 1.82) is 0 Å². The van der Waals surface area contributed by atoms with Gasteiger partial charge in [-0.3, -0.25) is 19.3 Å². The molecule has 0 aliphatic carbocycles. The van der Waals surface area contributed by atoms with E-state index in [0.29, 0.717) is 18.7 Å². The number of pyridine rings is 1. The highest BCUT2D eigenvalue weighted by molar-refractivity contribution is 7.91. The van der Waals surface area contributed by atoms with Crippen LogP contribution in [0.5, 0.6) is 0 Å². The Hall–Kier alpha value is -3.08. The fourth-order valence-corrected chi connectivity index (χ4v) is 5.07. The van der Waals surface area contributed by atoms with Crippen LogP contribution in [0.3, 0.4) is 0 Å². The number of nitrogens with one attached hydrogen (secondary N) is 1. The van der Waals surface area contributed by atoms with E-state index in [1.165, 1.54) is 11.2 Å². The van der Waals surface area contributed by atoms with Gasteiger partial charge in [-0.1, -0.05) is 0 Å². The van der Waals surface area contributed by atoms with Crippen LogP contribution in [0.15, 0.2) is 42.0 Å². The Balaban J connectivity index is 1.43. The average molecular weight is 416 g/mol. The van der Waals surface area contributed by atoms with Gasteiger partial charge in [0, 0.05) is 31.4 Å². The normalized spacial score (nSPS) is 21.1. The molecule has 11 heteroatoms. The SMILES string of the molecule is O=C(Nc1cnn(Cc2ccncc2)c1)C1=NN([C@H]2CCS(=O)(=O)C2)C(=O)CC1. The summed E-state index contributed by atoms with van der Waals surface area (Å²) in [7, 11) is -3.16. The van der Waals surface area contributed by atoms with Gasteiger partial charge >= 0.3 is 0 Å². The Kier molecular flexibility index (Phi) is 5.14. The number of anilines is 1. The summed E-state index contributed by atoms with van der Waals surface area (Å²) in [6.45, 7) is 0.539. The van der Waals surface area contributed by atoms with Crippen LogP contribution in [0.4, 0.5) is 5.69 Å². The first-order valence-corrected chi connectivity index (χ1v) is 11.0. The lowest BCUT2D eigenvalue weighted by Gasteiger charge is -2.27. The molecule has 0 aromatic carbocycles. The van der Waals surface area contributed by atoms with E-state index < -0.39 is 21.8 Å². The smallest absolute Gasteiger partial charge is 0.271 e. The third-order valence-electron chi connectivity index (χ3n) is 4.86. The summed E-state index contributed by atoms with van der Waals surface area (Å²) in [6.07, 6.45) is 7.32. The number of nitrogens with zero attached hydrogens (tertiary/aromatic N) is 5. The molecule has 2 aromatic heterocycles. The minimum Gasteiger partial charge on any atom is -0.318 e. The Bertz CT molecular complexity index is 1060. The molecule has 0 saturated carbocycles. The van der Waals surface area contributed by atoms with Crippen LogP contribution in [-0.4, -0.2) is 63.3 Å². The van der Waals surface area contributed by atoms with Crippen molar-refractivity contribution in [3.05, 3.63) is 42.5 Å². The van der Waals surface area contributed by atoms with Crippen molar-refractivity contribution in [3.8, 4) is 0 Å². The number of hydrogen-bond acceptors (Lipinski definition) is 7. The van der Waals surface area contributed by atoms with Crippen LogP contribution in [-0.2, 0) is 26.0 Å². The molecule has 0 radical (unpaired) electrons. The van der Waals surface area contributed by atoms with Crippen molar-refractivity contribution in [2.75, 3.05) is 16.8 Å². The van der Waals surface area contributed by atoms with Gasteiger partial charge in [0.25, 0.3) is 5.91 Å². The summed E-state index contributed by atoms with van der Waals surface area (Å²) < 4.78 is 25.1. The molecule has 1 N–H and O–H groups in total. The Morgan fingerprint density at radius 2 is 2.03 bits per heavy atom. The maximum atomic E-state index is 12.6. The van der Waals surface area contributed by atoms with Crippen molar-refractivity contribution in [3.63, 3.8) is 0 Å². The molecule has 0 unspecified atom stereocenters. The molecule has 2 aliphatic heterocycles. The number of carbonyl (C=O) groups is 2. The number of amides is 2. The van der Waals surface area contributed by atoms with Gasteiger partial charge in [-0.2, -0.15) is 10.2 Å². The lowest BCUT2D eigenvalue weighted by Crippen LogP contribution is -2.42. The van der Waals surface area contributed by atoms with E-state index >= 15 is 0 Å². The molecule has 152 valence electrons. The molecule has 2 aromatic rings. The Morgan fingerprint density at radius 3 is 2.76 bits per heavy atom. The summed E-state index contributed by atoms with van der Waals surface area (Å²) in [5, 5.41) is 12.3. The molecule has 29 heavy (non-hydrogen) atoms. The largest absolute Gasteiger partial charge is 0.318 e. The van der Waals surface area contributed by atoms with E-state index in [-0.39, 0.29) is 36.0 Å². The Morgan fingerprint density at radius 1 is 1.24 bits per heavy atom. The van der Waals surface area contributed by atoms with Crippen LogP contribution in [0, 0.1) is 0 Å². The third kappa shape index (κ3) is 4.50. The second-order valence-electron chi connectivity index (χ2n) is 7.08. The van der Waals surface area contributed by atoms with Crippen LogP contribution in [0.1, 0.15) is 24.8 Å². The lowest BCUT2D eigenvalue weighted by atomic mass is 10.1. The minimum atomic E-state index is -3.16. The van der Waals surface area contributed by atoms with E-state index in [0.717, 1.165) is 5.56 Å². The van der Waals surface area contributed by atoms with Crippen molar-refractivity contribution in [2.24, 2.45) is 5.10 Å². The molecular formula is C18H20N6O4S. The number of sulfone groups is 1. The van der Waals surface area contributed by atoms with Crippen molar-refractivity contribution in [2.45, 2.75) is 31.8 Å². The highest BCUT2D eigenvalue weighted by atomic mass is 32.2. The number of hydrazone groups is 1. The van der Waals surface area contributed by atoms with Gasteiger partial charge in [0.1, 0.15) is 5.71 Å². The van der Waals surface area contributed by atoms with Crippen LogP contribution in [0.25, 0.3) is 0 Å². The number of carbonyl (C=O) groups excluding carboxylic acids is 2. The molecule has 0 bridgehead atoms. The van der Waals surface area contributed by atoms with Gasteiger partial charge in [0.2, 0.25) is 5.91 Å². The van der Waals surface area contributed by atoms with Crippen molar-refractivity contribution in [1.82, 2.24) is 19.8 Å². The quantitative estimate of drug-likeness (QED) is 0.753. The standard InChI is InChI=1S/C18H20N6O4S/c25-17-2-1-16(22-24(17)15-5-8-29(27,28)12-15)18(26)21-14-9-20-23(11-14)10-13-3-6-19-7-4-13/h3-4,6-7,9,11,15H,1-2,5,8,10,12H2,(H,21,26)/t15-/m0/s1. The van der Waals surface area contributed by atoms with E-state index in [2.05, 4.69) is 20.5 Å². The minimum absolute atomic E-state index is 0.0369.